The zero-order valence-corrected chi connectivity index (χ0v) is 8.82. The van der Waals surface area contributed by atoms with E-state index in [4.69, 9.17) is 4.42 Å². The zero-order chi connectivity index (χ0) is 11.0. The molecule has 2 aromatic rings. The molecule has 1 saturated heterocycles. The Morgan fingerprint density at radius 2 is 2.06 bits per heavy atom. The fourth-order valence-electron chi connectivity index (χ4n) is 2.08. The molecule has 16 heavy (non-hydrogen) atoms. The maximum Gasteiger partial charge on any atom is 0.136 e. The summed E-state index contributed by atoms with van der Waals surface area (Å²) in [6, 6.07) is 4.61. The number of hydrogen-bond acceptors (Lipinski definition) is 2. The van der Waals surface area contributed by atoms with Gasteiger partial charge in [-0.3, -0.25) is 0 Å². The summed E-state index contributed by atoms with van der Waals surface area (Å²) in [5.41, 5.74) is 1.71. The van der Waals surface area contributed by atoms with Crippen molar-refractivity contribution in [2.24, 2.45) is 0 Å². The fourth-order valence-corrected chi connectivity index (χ4v) is 2.08. The van der Waals surface area contributed by atoms with Crippen LogP contribution in [0.2, 0.25) is 0 Å². The van der Waals surface area contributed by atoms with Gasteiger partial charge < -0.3 is 9.32 Å². The van der Waals surface area contributed by atoms with Gasteiger partial charge in [0.2, 0.25) is 0 Å². The third-order valence-electron chi connectivity index (χ3n) is 2.91. The van der Waals surface area contributed by atoms with Gasteiger partial charge in [0.25, 0.3) is 0 Å². The number of rotatable bonds is 1. The normalized spacial score (nSPS) is 16.9. The maximum absolute atomic E-state index is 13.2. The molecule has 0 saturated carbocycles. The number of anilines is 1. The van der Waals surface area contributed by atoms with Crippen LogP contribution in [0.15, 0.2) is 28.9 Å². The van der Waals surface area contributed by atoms with Gasteiger partial charge in [-0.1, -0.05) is 0 Å². The van der Waals surface area contributed by atoms with Crippen LogP contribution in [-0.4, -0.2) is 26.2 Å². The van der Waals surface area contributed by atoms with Crippen molar-refractivity contribution in [1.82, 2.24) is 5.32 Å². The van der Waals surface area contributed by atoms with Crippen LogP contribution < -0.4 is 10.2 Å². The molecule has 1 aromatic carbocycles. The maximum atomic E-state index is 13.2. The predicted octanol–water partition coefficient (Wildman–Crippen LogP) is 2.00. The number of nitrogens with zero attached hydrogens (tertiary/aromatic N) is 2. The molecule has 0 unspecified atom stereocenters. The van der Waals surface area contributed by atoms with Crippen molar-refractivity contribution < 1.29 is 8.81 Å². The standard InChI is InChI=1S/C12H12FN2O/c13-9-1-2-12-10(7-9)11(8-16-12)15-5-3-14-4-6-15/h1-2,7-8H,3-6H2. The van der Waals surface area contributed by atoms with Gasteiger partial charge >= 0.3 is 0 Å². The molecule has 1 aliphatic heterocycles. The predicted molar refractivity (Wildman–Crippen MR) is 60.3 cm³/mol. The molecular weight excluding hydrogens is 207 g/mol. The topological polar surface area (TPSA) is 30.5 Å². The lowest BCUT2D eigenvalue weighted by atomic mass is 10.2. The van der Waals surface area contributed by atoms with Crippen molar-refractivity contribution in [3.05, 3.63) is 30.3 Å². The first-order chi connectivity index (χ1) is 7.84. The summed E-state index contributed by atoms with van der Waals surface area (Å²) in [5.74, 6) is -0.225. The summed E-state index contributed by atoms with van der Waals surface area (Å²) in [7, 11) is 0. The highest BCUT2D eigenvalue weighted by Gasteiger charge is 2.16. The van der Waals surface area contributed by atoms with Crippen molar-refractivity contribution >= 4 is 16.7 Å². The van der Waals surface area contributed by atoms with Crippen LogP contribution in [-0.2, 0) is 0 Å². The SMILES string of the molecule is Fc1ccc2occ(N3CC[N]CC3)c2c1. The number of hydrogen-bond donors (Lipinski definition) is 0. The van der Waals surface area contributed by atoms with Crippen LogP contribution in [0.5, 0.6) is 0 Å². The molecule has 4 heteroatoms. The fraction of sp³-hybridized carbons (Fsp3) is 0.333. The zero-order valence-electron chi connectivity index (χ0n) is 8.82. The Morgan fingerprint density at radius 1 is 1.25 bits per heavy atom. The van der Waals surface area contributed by atoms with E-state index >= 15 is 0 Å². The average Bonchev–Trinajstić information content (AvgIpc) is 2.73. The summed E-state index contributed by atoms with van der Waals surface area (Å²) < 4.78 is 18.6. The highest BCUT2D eigenvalue weighted by atomic mass is 19.1. The Hall–Kier alpha value is -1.55. The minimum absolute atomic E-state index is 0.225. The number of piperazine rings is 1. The third kappa shape index (κ3) is 1.55. The highest BCUT2D eigenvalue weighted by Crippen LogP contribution is 2.29. The first kappa shape index (κ1) is 9.66. The molecule has 0 bridgehead atoms. The quantitative estimate of drug-likeness (QED) is 0.734. The van der Waals surface area contributed by atoms with E-state index in [2.05, 4.69) is 10.2 Å². The number of benzene rings is 1. The molecule has 1 aliphatic rings. The molecule has 2 heterocycles. The van der Waals surface area contributed by atoms with Gasteiger partial charge in [-0.2, -0.15) is 0 Å². The van der Waals surface area contributed by atoms with E-state index in [1.165, 1.54) is 12.1 Å². The van der Waals surface area contributed by atoms with Gasteiger partial charge in [0, 0.05) is 31.6 Å². The second-order valence-electron chi connectivity index (χ2n) is 3.92. The molecule has 0 N–H and O–H groups in total. The van der Waals surface area contributed by atoms with Crippen LogP contribution in [0.3, 0.4) is 0 Å². The van der Waals surface area contributed by atoms with E-state index in [-0.39, 0.29) is 5.82 Å². The Bertz CT molecular complexity index is 503. The average molecular weight is 219 g/mol. The van der Waals surface area contributed by atoms with Crippen LogP contribution in [0.1, 0.15) is 0 Å². The Morgan fingerprint density at radius 3 is 2.88 bits per heavy atom. The lowest BCUT2D eigenvalue weighted by Crippen LogP contribution is -2.40. The van der Waals surface area contributed by atoms with Gasteiger partial charge in [-0.05, 0) is 18.2 Å². The third-order valence-corrected chi connectivity index (χ3v) is 2.91. The van der Waals surface area contributed by atoms with Crippen LogP contribution in [0.25, 0.3) is 11.0 Å². The van der Waals surface area contributed by atoms with Crippen LogP contribution in [0, 0.1) is 5.82 Å². The Kier molecular flexibility index (Phi) is 2.29. The largest absolute Gasteiger partial charge is 0.462 e. The van der Waals surface area contributed by atoms with E-state index in [0.29, 0.717) is 0 Å². The molecule has 1 aromatic heterocycles. The minimum Gasteiger partial charge on any atom is -0.462 e. The van der Waals surface area contributed by atoms with E-state index in [1.54, 1.807) is 12.3 Å². The van der Waals surface area contributed by atoms with Gasteiger partial charge in [-0.15, -0.1) is 0 Å². The summed E-state index contributed by atoms with van der Waals surface area (Å²) in [6.45, 7) is 3.43. The van der Waals surface area contributed by atoms with Crippen molar-refractivity contribution in [2.45, 2.75) is 0 Å². The Labute approximate surface area is 92.8 Å². The second-order valence-corrected chi connectivity index (χ2v) is 3.92. The molecule has 3 nitrogen and oxygen atoms in total. The van der Waals surface area contributed by atoms with E-state index < -0.39 is 0 Å². The van der Waals surface area contributed by atoms with Crippen molar-refractivity contribution in [1.29, 1.82) is 0 Å². The molecule has 3 rings (SSSR count). The lowest BCUT2D eigenvalue weighted by Gasteiger charge is -2.27. The number of halogens is 1. The van der Waals surface area contributed by atoms with Crippen LogP contribution in [0.4, 0.5) is 10.1 Å². The van der Waals surface area contributed by atoms with E-state index in [1.807, 2.05) is 0 Å². The number of furan rings is 1. The lowest BCUT2D eigenvalue weighted by molar-refractivity contribution is 0.570. The van der Waals surface area contributed by atoms with Crippen molar-refractivity contribution in [3.63, 3.8) is 0 Å². The molecule has 0 spiro atoms. The highest BCUT2D eigenvalue weighted by molar-refractivity contribution is 5.91. The van der Waals surface area contributed by atoms with E-state index in [0.717, 1.165) is 42.8 Å². The van der Waals surface area contributed by atoms with Gasteiger partial charge in [0.15, 0.2) is 0 Å². The summed E-state index contributed by atoms with van der Waals surface area (Å²) in [6.07, 6.45) is 1.70. The molecule has 1 radical (unpaired) electrons. The van der Waals surface area contributed by atoms with Gasteiger partial charge in [0.05, 0.1) is 5.69 Å². The first-order valence-electron chi connectivity index (χ1n) is 5.39. The molecular formula is C12H12FN2O. The van der Waals surface area contributed by atoms with Crippen LogP contribution >= 0.6 is 0 Å². The summed E-state index contributed by atoms with van der Waals surface area (Å²) >= 11 is 0. The second kappa shape index (κ2) is 3.79. The Balaban J connectivity index is 2.05. The van der Waals surface area contributed by atoms with Gasteiger partial charge in [0.1, 0.15) is 17.7 Å². The van der Waals surface area contributed by atoms with E-state index in [9.17, 15) is 4.39 Å². The minimum atomic E-state index is -0.225. The summed E-state index contributed by atoms with van der Waals surface area (Å²) in [4.78, 5) is 2.19. The molecule has 0 aliphatic carbocycles. The first-order valence-corrected chi connectivity index (χ1v) is 5.39. The summed E-state index contributed by atoms with van der Waals surface area (Å²) in [5, 5.41) is 5.14. The molecule has 83 valence electrons. The van der Waals surface area contributed by atoms with Crippen molar-refractivity contribution in [3.8, 4) is 0 Å². The monoisotopic (exact) mass is 219 g/mol. The van der Waals surface area contributed by atoms with Crippen molar-refractivity contribution in [2.75, 3.05) is 31.1 Å². The van der Waals surface area contributed by atoms with Gasteiger partial charge in [-0.25, -0.2) is 9.71 Å². The number of fused-ring (bicyclic) bond motifs is 1. The smallest absolute Gasteiger partial charge is 0.136 e. The molecule has 0 atom stereocenters. The molecule has 0 amide bonds. The molecule has 1 fully saturated rings.